The van der Waals surface area contributed by atoms with Crippen LogP contribution in [0.1, 0.15) is 39.2 Å². The predicted molar refractivity (Wildman–Crippen MR) is 132 cm³/mol. The number of hydrogen-bond donors (Lipinski definition) is 1. The maximum atomic E-state index is 13.1. The molecule has 0 bridgehead atoms. The van der Waals surface area contributed by atoms with Crippen LogP contribution in [-0.4, -0.2) is 65.9 Å². The number of cyclic esters (lactones) is 1. The molecule has 9 nitrogen and oxygen atoms in total. The predicted octanol–water partition coefficient (Wildman–Crippen LogP) is 3.21. The summed E-state index contributed by atoms with van der Waals surface area (Å²) in [6.07, 6.45) is 2.43. The van der Waals surface area contributed by atoms with Gasteiger partial charge in [0, 0.05) is 0 Å². The summed E-state index contributed by atoms with van der Waals surface area (Å²) in [5, 5.41) is 10.7. The molecule has 0 radical (unpaired) electrons. The minimum Gasteiger partial charge on any atom is -0.465 e. The highest BCUT2D eigenvalue weighted by Crippen LogP contribution is 2.32. The summed E-state index contributed by atoms with van der Waals surface area (Å²) in [7, 11) is 0. The smallest absolute Gasteiger partial charge is 0.416 e. The van der Waals surface area contributed by atoms with Crippen molar-refractivity contribution in [1.82, 2.24) is 4.90 Å². The van der Waals surface area contributed by atoms with Crippen molar-refractivity contribution in [3.8, 4) is 0 Å². The monoisotopic (exact) mass is 501 g/mol. The fourth-order valence-electron chi connectivity index (χ4n) is 3.99. The first-order chi connectivity index (χ1) is 17.2. The number of carbonyl (C=O) groups excluding carboxylic acids is 4. The third-order valence-electron chi connectivity index (χ3n) is 6.04. The number of hydrogen-bond acceptors (Lipinski definition) is 8. The molecule has 1 saturated heterocycles. The first-order valence-corrected chi connectivity index (χ1v) is 12.1. The van der Waals surface area contributed by atoms with Crippen molar-refractivity contribution in [3.63, 3.8) is 0 Å². The van der Waals surface area contributed by atoms with Gasteiger partial charge in [0.05, 0.1) is 31.3 Å². The minimum absolute atomic E-state index is 0.0274. The molecular weight excluding hydrogens is 466 g/mol. The Hall–Kier alpha value is -3.46. The molecule has 3 atom stereocenters. The Morgan fingerprint density at radius 1 is 1.17 bits per heavy atom. The highest BCUT2D eigenvalue weighted by molar-refractivity contribution is 6.00. The van der Waals surface area contributed by atoms with Crippen molar-refractivity contribution in [2.45, 2.75) is 52.2 Å². The maximum Gasteiger partial charge on any atom is 0.416 e. The van der Waals surface area contributed by atoms with E-state index in [0.717, 1.165) is 10.5 Å². The van der Waals surface area contributed by atoms with Gasteiger partial charge in [-0.25, -0.2) is 9.69 Å². The Morgan fingerprint density at radius 3 is 2.33 bits per heavy atom. The van der Waals surface area contributed by atoms with Crippen LogP contribution in [0.15, 0.2) is 55.1 Å². The van der Waals surface area contributed by atoms with Crippen molar-refractivity contribution in [3.05, 3.63) is 60.7 Å². The van der Waals surface area contributed by atoms with Crippen molar-refractivity contribution < 1.29 is 38.5 Å². The van der Waals surface area contributed by atoms with Crippen LogP contribution in [0.2, 0.25) is 0 Å². The SMILES string of the molecule is C=CCC(C/C=C/[C@@H](O)[C@@H](C)C(=O)N1C(=O)OC[C@@H]1Cc1ccccc1)(C(=O)OCC)C(=O)OCC. The van der Waals surface area contributed by atoms with Crippen LogP contribution in [0.25, 0.3) is 0 Å². The van der Waals surface area contributed by atoms with E-state index in [0.29, 0.717) is 6.42 Å². The number of aliphatic hydroxyl groups excluding tert-OH is 1. The summed E-state index contributed by atoms with van der Waals surface area (Å²) < 4.78 is 15.3. The molecule has 196 valence electrons. The molecule has 0 saturated carbocycles. The van der Waals surface area contributed by atoms with Crippen LogP contribution >= 0.6 is 0 Å². The molecule has 9 heteroatoms. The zero-order chi connectivity index (χ0) is 26.7. The van der Waals surface area contributed by atoms with Gasteiger partial charge in [0.25, 0.3) is 0 Å². The van der Waals surface area contributed by atoms with E-state index in [4.69, 9.17) is 14.2 Å². The topological polar surface area (TPSA) is 119 Å². The number of imide groups is 1. The van der Waals surface area contributed by atoms with Gasteiger partial charge in [0.2, 0.25) is 5.91 Å². The fraction of sp³-hybridized carbons (Fsp3) is 0.481. The molecule has 2 rings (SSSR count). The molecule has 1 N–H and O–H groups in total. The number of allylic oxidation sites excluding steroid dienone is 2. The summed E-state index contributed by atoms with van der Waals surface area (Å²) >= 11 is 0. The molecule has 1 fully saturated rings. The molecule has 1 aliphatic heterocycles. The second-order valence-corrected chi connectivity index (χ2v) is 8.56. The van der Waals surface area contributed by atoms with E-state index in [1.807, 2.05) is 30.3 Å². The zero-order valence-electron chi connectivity index (χ0n) is 21.1. The van der Waals surface area contributed by atoms with Gasteiger partial charge in [-0.15, -0.1) is 6.58 Å². The van der Waals surface area contributed by atoms with Crippen molar-refractivity contribution >= 4 is 23.9 Å². The summed E-state index contributed by atoms with van der Waals surface area (Å²) in [5.74, 6) is -3.07. The van der Waals surface area contributed by atoms with E-state index >= 15 is 0 Å². The van der Waals surface area contributed by atoms with Crippen LogP contribution in [0.4, 0.5) is 4.79 Å². The van der Waals surface area contributed by atoms with E-state index in [2.05, 4.69) is 6.58 Å². The van der Waals surface area contributed by atoms with Gasteiger partial charge >= 0.3 is 18.0 Å². The van der Waals surface area contributed by atoms with Gasteiger partial charge < -0.3 is 19.3 Å². The van der Waals surface area contributed by atoms with E-state index in [1.54, 1.807) is 13.8 Å². The summed E-state index contributed by atoms with van der Waals surface area (Å²) in [6.45, 7) is 8.60. The first kappa shape index (κ1) is 28.8. The average molecular weight is 502 g/mol. The average Bonchev–Trinajstić information content (AvgIpc) is 3.22. The molecule has 0 unspecified atom stereocenters. The van der Waals surface area contributed by atoms with Gasteiger partial charge in [-0.3, -0.25) is 14.4 Å². The largest absolute Gasteiger partial charge is 0.465 e. The van der Waals surface area contributed by atoms with Gasteiger partial charge in [-0.05, 0) is 38.7 Å². The molecule has 36 heavy (non-hydrogen) atoms. The second kappa shape index (κ2) is 13.6. The number of esters is 2. The van der Waals surface area contributed by atoms with Crippen LogP contribution in [0.3, 0.4) is 0 Å². The molecule has 2 amide bonds. The lowest BCUT2D eigenvalue weighted by molar-refractivity contribution is -0.171. The molecule has 0 aliphatic carbocycles. The molecule has 1 aliphatic rings. The van der Waals surface area contributed by atoms with Crippen LogP contribution < -0.4 is 0 Å². The first-order valence-electron chi connectivity index (χ1n) is 12.1. The quantitative estimate of drug-likeness (QED) is 0.189. The van der Waals surface area contributed by atoms with E-state index in [9.17, 15) is 24.3 Å². The lowest BCUT2D eigenvalue weighted by atomic mass is 9.80. The lowest BCUT2D eigenvalue weighted by Gasteiger charge is -2.27. The third-order valence-corrected chi connectivity index (χ3v) is 6.04. The van der Waals surface area contributed by atoms with Gasteiger partial charge in [-0.1, -0.05) is 55.5 Å². The standard InChI is InChI=1S/C27H35NO8/c1-5-15-27(24(31)34-6-2,25(32)35-7-3)16-11-14-22(29)19(4)23(30)28-21(18-36-26(28)33)17-20-12-9-8-10-13-20/h5,8-14,19,21-22,29H,1,6-7,15-18H2,2-4H3/b14-11+/t19-,21+,22-/m1/s1. The normalized spacial score (nSPS) is 17.4. The highest BCUT2D eigenvalue weighted by atomic mass is 16.6. The van der Waals surface area contributed by atoms with Crippen LogP contribution in [0, 0.1) is 11.3 Å². The number of amides is 2. The molecular formula is C27H35NO8. The van der Waals surface area contributed by atoms with E-state index < -0.39 is 47.4 Å². The van der Waals surface area contributed by atoms with Crippen molar-refractivity contribution in [2.75, 3.05) is 19.8 Å². The zero-order valence-corrected chi connectivity index (χ0v) is 21.1. The molecule has 1 aromatic rings. The molecule has 1 aromatic carbocycles. The number of nitrogens with zero attached hydrogens (tertiary/aromatic N) is 1. The summed E-state index contributed by atoms with van der Waals surface area (Å²) in [6, 6.07) is 8.93. The van der Waals surface area contributed by atoms with E-state index in [1.165, 1.54) is 25.2 Å². The Labute approximate surface area is 211 Å². The highest BCUT2D eigenvalue weighted by Gasteiger charge is 2.47. The number of benzene rings is 1. The number of rotatable bonds is 13. The van der Waals surface area contributed by atoms with Gasteiger partial charge in [-0.2, -0.15) is 0 Å². The van der Waals surface area contributed by atoms with Crippen molar-refractivity contribution in [1.29, 1.82) is 0 Å². The van der Waals surface area contributed by atoms with Crippen LogP contribution in [-0.2, 0) is 35.0 Å². The fourth-order valence-corrected chi connectivity index (χ4v) is 3.99. The third kappa shape index (κ3) is 6.81. The Kier molecular flexibility index (Phi) is 10.9. The number of carbonyl (C=O) groups is 4. The summed E-state index contributed by atoms with van der Waals surface area (Å²) in [4.78, 5) is 51.9. The minimum atomic E-state index is -1.66. The Bertz CT molecular complexity index is 940. The lowest BCUT2D eigenvalue weighted by Crippen LogP contribution is -2.45. The molecule has 0 spiro atoms. The second-order valence-electron chi connectivity index (χ2n) is 8.56. The number of ether oxygens (including phenoxy) is 3. The van der Waals surface area contributed by atoms with Crippen molar-refractivity contribution in [2.24, 2.45) is 11.3 Å². The summed E-state index contributed by atoms with van der Waals surface area (Å²) in [5.41, 5.74) is -0.709. The maximum absolute atomic E-state index is 13.1. The Balaban J connectivity index is 2.15. The molecule has 1 heterocycles. The van der Waals surface area contributed by atoms with E-state index in [-0.39, 0.29) is 32.7 Å². The van der Waals surface area contributed by atoms with Gasteiger partial charge in [0.15, 0.2) is 5.41 Å². The van der Waals surface area contributed by atoms with Crippen LogP contribution in [0.5, 0.6) is 0 Å². The molecule has 0 aromatic heterocycles. The Morgan fingerprint density at radius 2 is 1.78 bits per heavy atom. The number of aliphatic hydroxyl groups is 1. The van der Waals surface area contributed by atoms with Gasteiger partial charge in [0.1, 0.15) is 6.61 Å².